The van der Waals surface area contributed by atoms with Crippen LogP contribution in [0.2, 0.25) is 0 Å². The number of nitro groups is 1. The zero-order chi connectivity index (χ0) is 23.7. The maximum Gasteiger partial charge on any atom is 0.272 e. The molecule has 0 aliphatic heterocycles. The average molecular weight is 466 g/mol. The van der Waals surface area contributed by atoms with Gasteiger partial charge in [-0.1, -0.05) is 17.4 Å². The Hall–Kier alpha value is -3.99. The summed E-state index contributed by atoms with van der Waals surface area (Å²) in [7, 11) is 0. The number of non-ortho nitro benzene ring substituents is 1. The summed E-state index contributed by atoms with van der Waals surface area (Å²) < 4.78 is 16.5. The first-order chi connectivity index (χ1) is 15.8. The third-order valence-electron chi connectivity index (χ3n) is 5.07. The molecule has 2 heterocycles. The van der Waals surface area contributed by atoms with E-state index in [9.17, 15) is 19.3 Å². The van der Waals surface area contributed by atoms with Crippen LogP contribution in [0.4, 0.5) is 15.2 Å². The van der Waals surface area contributed by atoms with Gasteiger partial charge in [-0.3, -0.25) is 19.9 Å². The molecule has 1 amide bonds. The van der Waals surface area contributed by atoms with Crippen molar-refractivity contribution >= 4 is 40.4 Å². The largest absolute Gasteiger partial charge is 0.302 e. The van der Waals surface area contributed by atoms with Crippen LogP contribution in [-0.2, 0) is 17.6 Å². The number of fused-ring (bicyclic) bond motifs is 3. The van der Waals surface area contributed by atoms with Crippen LogP contribution in [0.25, 0.3) is 21.8 Å². The quantitative estimate of drug-likeness (QED) is 0.244. The van der Waals surface area contributed by atoms with Crippen molar-refractivity contribution in [2.45, 2.75) is 26.7 Å². The standard InChI is InChI=1S/C22H19FN6O3S/c1-12(5-4-10-24-3)19-15-7-8-17-21(33-22(26-17)25-13(2)30)20(15)28(27-19)18-9-6-14(29(31)32)11-16(18)23/h4-6,9-11H,3,7-8H2,1-2H3,(H,25,26,30)/b10-4-,12-5+. The fraction of sp³-hybridized carbons (Fsp3) is 0.182. The van der Waals surface area contributed by atoms with Gasteiger partial charge in [-0.2, -0.15) is 5.10 Å². The number of aromatic nitrogens is 3. The zero-order valence-electron chi connectivity index (χ0n) is 17.8. The number of nitrogens with zero attached hydrogens (tertiary/aromatic N) is 5. The van der Waals surface area contributed by atoms with Crippen molar-refractivity contribution in [3.05, 3.63) is 69.4 Å². The molecule has 1 aliphatic carbocycles. The van der Waals surface area contributed by atoms with Crippen molar-refractivity contribution < 1.29 is 14.1 Å². The Bertz CT molecular complexity index is 1350. The van der Waals surface area contributed by atoms with Gasteiger partial charge in [-0.25, -0.2) is 14.1 Å². The molecule has 0 fully saturated rings. The van der Waals surface area contributed by atoms with Gasteiger partial charge in [-0.15, -0.1) is 0 Å². The van der Waals surface area contributed by atoms with Crippen LogP contribution in [0.3, 0.4) is 0 Å². The van der Waals surface area contributed by atoms with E-state index in [1.807, 2.05) is 13.0 Å². The van der Waals surface area contributed by atoms with Crippen LogP contribution in [0.1, 0.15) is 30.8 Å². The summed E-state index contributed by atoms with van der Waals surface area (Å²) in [5, 5.41) is 18.9. The maximum atomic E-state index is 15.0. The van der Waals surface area contributed by atoms with Crippen molar-refractivity contribution in [2.75, 3.05) is 5.32 Å². The van der Waals surface area contributed by atoms with Gasteiger partial charge in [0.05, 0.1) is 32.9 Å². The minimum absolute atomic E-state index is 0.0847. The first-order valence-corrected chi connectivity index (χ1v) is 10.7. The Morgan fingerprint density at radius 1 is 1.39 bits per heavy atom. The average Bonchev–Trinajstić information content (AvgIpc) is 3.34. The molecular formula is C22H19FN6O3S. The monoisotopic (exact) mass is 466 g/mol. The van der Waals surface area contributed by atoms with Crippen molar-refractivity contribution in [2.24, 2.45) is 4.99 Å². The summed E-state index contributed by atoms with van der Waals surface area (Å²) in [6, 6.07) is 3.46. The highest BCUT2D eigenvalue weighted by Crippen LogP contribution is 2.43. The lowest BCUT2D eigenvalue weighted by molar-refractivity contribution is -0.385. The van der Waals surface area contributed by atoms with Crippen LogP contribution >= 0.6 is 11.3 Å². The molecule has 1 N–H and O–H groups in total. The lowest BCUT2D eigenvalue weighted by Gasteiger charge is -2.14. The van der Waals surface area contributed by atoms with E-state index >= 15 is 0 Å². The highest BCUT2D eigenvalue weighted by molar-refractivity contribution is 7.19. The van der Waals surface area contributed by atoms with Crippen LogP contribution in [0.5, 0.6) is 0 Å². The number of rotatable bonds is 6. The molecule has 9 nitrogen and oxygen atoms in total. The Morgan fingerprint density at radius 3 is 2.85 bits per heavy atom. The van der Waals surface area contributed by atoms with Crippen molar-refractivity contribution in [3.63, 3.8) is 0 Å². The molecule has 1 aromatic carbocycles. The van der Waals surface area contributed by atoms with Gasteiger partial charge in [0.15, 0.2) is 10.9 Å². The number of halogens is 1. The van der Waals surface area contributed by atoms with E-state index in [4.69, 9.17) is 5.10 Å². The number of amides is 1. The number of allylic oxidation sites excluding steroid dienone is 3. The molecule has 2 aromatic heterocycles. The minimum Gasteiger partial charge on any atom is -0.302 e. The van der Waals surface area contributed by atoms with E-state index in [0.717, 1.165) is 27.8 Å². The van der Waals surface area contributed by atoms with Gasteiger partial charge in [0.25, 0.3) is 5.69 Å². The van der Waals surface area contributed by atoms with Gasteiger partial charge in [0.2, 0.25) is 5.91 Å². The molecule has 0 spiro atoms. The Labute approximate surface area is 192 Å². The molecule has 0 saturated heterocycles. The Kier molecular flexibility index (Phi) is 5.97. The van der Waals surface area contributed by atoms with Crippen molar-refractivity contribution in [3.8, 4) is 16.3 Å². The SMILES string of the molecule is C=N/C=C\C=C(/C)c1nn(-c2ccc([N+](=O)[O-])cc2F)c2c1CCc1nc(NC(C)=O)sc1-2. The number of aryl methyl sites for hydroxylation is 1. The van der Waals surface area contributed by atoms with Gasteiger partial charge >= 0.3 is 0 Å². The molecule has 33 heavy (non-hydrogen) atoms. The Balaban J connectivity index is 1.94. The summed E-state index contributed by atoms with van der Waals surface area (Å²) in [6.45, 7) is 6.70. The summed E-state index contributed by atoms with van der Waals surface area (Å²) in [4.78, 5) is 30.9. The number of nitro benzene ring substituents is 1. The molecule has 0 atom stereocenters. The van der Waals surface area contributed by atoms with Gasteiger partial charge < -0.3 is 5.32 Å². The summed E-state index contributed by atoms with van der Waals surface area (Å²) in [6.07, 6.45) is 6.36. The highest BCUT2D eigenvalue weighted by Gasteiger charge is 2.30. The van der Waals surface area contributed by atoms with Crippen LogP contribution in [-0.4, -0.2) is 32.3 Å². The van der Waals surface area contributed by atoms with E-state index in [-0.39, 0.29) is 17.3 Å². The summed E-state index contributed by atoms with van der Waals surface area (Å²) in [5.41, 5.74) is 3.60. The Morgan fingerprint density at radius 2 is 2.18 bits per heavy atom. The number of anilines is 1. The third kappa shape index (κ3) is 4.22. The molecule has 3 aromatic rings. The number of thiazole rings is 1. The van der Waals surface area contributed by atoms with E-state index < -0.39 is 10.7 Å². The second kappa shape index (κ2) is 8.87. The predicted molar refractivity (Wildman–Crippen MR) is 125 cm³/mol. The van der Waals surface area contributed by atoms with E-state index in [1.54, 1.807) is 12.3 Å². The highest BCUT2D eigenvalue weighted by atomic mass is 32.1. The fourth-order valence-electron chi connectivity index (χ4n) is 3.67. The number of nitrogens with one attached hydrogen (secondary N) is 1. The van der Waals surface area contributed by atoms with E-state index in [1.165, 1.54) is 35.1 Å². The van der Waals surface area contributed by atoms with Gasteiger partial charge in [0.1, 0.15) is 5.69 Å². The normalized spacial score (nSPS) is 13.0. The number of aliphatic imine (C=N–C) groups is 1. The smallest absolute Gasteiger partial charge is 0.272 e. The molecule has 0 unspecified atom stereocenters. The van der Waals surface area contributed by atoms with Crippen LogP contribution < -0.4 is 5.32 Å². The first-order valence-electron chi connectivity index (χ1n) is 9.93. The molecular weight excluding hydrogens is 447 g/mol. The number of hydrogen-bond donors (Lipinski definition) is 1. The van der Waals surface area contributed by atoms with Gasteiger partial charge in [-0.05, 0) is 44.2 Å². The lowest BCUT2D eigenvalue weighted by Crippen LogP contribution is -2.08. The number of hydrogen-bond acceptors (Lipinski definition) is 7. The number of carbonyl (C=O) groups is 1. The topological polar surface area (TPSA) is 115 Å². The van der Waals surface area contributed by atoms with Crippen LogP contribution in [0, 0.1) is 15.9 Å². The molecule has 0 radical (unpaired) electrons. The number of benzene rings is 1. The van der Waals surface area contributed by atoms with Crippen molar-refractivity contribution in [1.29, 1.82) is 0 Å². The minimum atomic E-state index is -0.767. The summed E-state index contributed by atoms with van der Waals surface area (Å²) in [5.74, 6) is -1.00. The zero-order valence-corrected chi connectivity index (χ0v) is 18.6. The predicted octanol–water partition coefficient (Wildman–Crippen LogP) is 4.72. The lowest BCUT2D eigenvalue weighted by atomic mass is 9.95. The van der Waals surface area contributed by atoms with Crippen molar-refractivity contribution in [1.82, 2.24) is 14.8 Å². The van der Waals surface area contributed by atoms with Crippen LogP contribution in [0.15, 0.2) is 41.5 Å². The molecule has 0 saturated carbocycles. The molecule has 4 rings (SSSR count). The second-order valence-corrected chi connectivity index (χ2v) is 8.33. The number of carbonyl (C=O) groups excluding carboxylic acids is 1. The van der Waals surface area contributed by atoms with Gasteiger partial charge in [0, 0.05) is 24.8 Å². The molecule has 168 valence electrons. The summed E-state index contributed by atoms with van der Waals surface area (Å²) >= 11 is 1.28. The molecule has 11 heteroatoms. The third-order valence-corrected chi connectivity index (χ3v) is 6.09. The van der Waals surface area contributed by atoms with E-state index in [2.05, 4.69) is 22.0 Å². The van der Waals surface area contributed by atoms with E-state index in [0.29, 0.717) is 29.4 Å². The molecule has 1 aliphatic rings. The maximum absolute atomic E-state index is 15.0. The molecule has 0 bridgehead atoms. The fourth-order valence-corrected chi connectivity index (χ4v) is 4.79. The first kappa shape index (κ1) is 22.2. The second-order valence-electron chi connectivity index (χ2n) is 7.33.